The van der Waals surface area contributed by atoms with E-state index in [9.17, 15) is 9.90 Å². The fraction of sp³-hybridized carbons (Fsp3) is 0.320. The van der Waals surface area contributed by atoms with E-state index in [1.165, 1.54) is 31.3 Å². The van der Waals surface area contributed by atoms with Gasteiger partial charge < -0.3 is 15.0 Å². The highest BCUT2D eigenvalue weighted by molar-refractivity contribution is 6.31. The molecule has 0 bridgehead atoms. The lowest BCUT2D eigenvalue weighted by Gasteiger charge is -2.13. The molecule has 0 unspecified atom stereocenters. The van der Waals surface area contributed by atoms with E-state index < -0.39 is 5.97 Å². The van der Waals surface area contributed by atoms with Crippen molar-refractivity contribution in [3.8, 4) is 0 Å². The van der Waals surface area contributed by atoms with Crippen molar-refractivity contribution in [2.75, 3.05) is 6.54 Å². The number of nitrogens with zero attached hydrogens (tertiary/aromatic N) is 1. The fourth-order valence-electron chi connectivity index (χ4n) is 4.35. The second-order valence-corrected chi connectivity index (χ2v) is 8.27. The van der Waals surface area contributed by atoms with Crippen LogP contribution in [0.15, 0.2) is 60.2 Å². The number of rotatable bonds is 8. The Labute approximate surface area is 182 Å². The first-order valence-electron chi connectivity index (χ1n) is 10.6. The fourth-order valence-corrected chi connectivity index (χ4v) is 4.55. The van der Waals surface area contributed by atoms with Gasteiger partial charge in [0.1, 0.15) is 5.69 Å². The summed E-state index contributed by atoms with van der Waals surface area (Å²) in [7, 11) is 0. The normalized spacial score (nSPS) is 14.1. The SMILES string of the molecule is O=C(O)c1c(CNCCC2=CCCCC2)c2ccccc2n1Cc1ccccc1Cl. The number of hydrogen-bond donors (Lipinski definition) is 2. The monoisotopic (exact) mass is 422 g/mol. The molecular weight excluding hydrogens is 396 g/mol. The number of fused-ring (bicyclic) bond motifs is 1. The highest BCUT2D eigenvalue weighted by Crippen LogP contribution is 2.29. The van der Waals surface area contributed by atoms with Crippen LogP contribution < -0.4 is 5.32 Å². The zero-order valence-corrected chi connectivity index (χ0v) is 17.8. The van der Waals surface area contributed by atoms with Crippen LogP contribution in [0.25, 0.3) is 10.9 Å². The number of para-hydroxylation sites is 1. The number of nitrogens with one attached hydrogen (secondary N) is 1. The van der Waals surface area contributed by atoms with Gasteiger partial charge in [0.2, 0.25) is 0 Å². The van der Waals surface area contributed by atoms with Gasteiger partial charge in [-0.3, -0.25) is 0 Å². The third kappa shape index (κ3) is 4.45. The maximum atomic E-state index is 12.3. The third-order valence-corrected chi connectivity index (χ3v) is 6.24. The first-order valence-corrected chi connectivity index (χ1v) is 11.0. The highest BCUT2D eigenvalue weighted by Gasteiger charge is 2.22. The molecular formula is C25H27ClN2O2. The predicted molar refractivity (Wildman–Crippen MR) is 122 cm³/mol. The number of carboxylic acids is 1. The number of carbonyl (C=O) groups is 1. The summed E-state index contributed by atoms with van der Waals surface area (Å²) < 4.78 is 1.87. The Balaban J connectivity index is 1.62. The van der Waals surface area contributed by atoms with Crippen LogP contribution in [0.4, 0.5) is 0 Å². The molecule has 4 nitrogen and oxygen atoms in total. The first kappa shape index (κ1) is 20.7. The van der Waals surface area contributed by atoms with Gasteiger partial charge in [-0.15, -0.1) is 0 Å². The summed E-state index contributed by atoms with van der Waals surface area (Å²) in [5, 5.41) is 15.2. The van der Waals surface area contributed by atoms with E-state index in [0.717, 1.165) is 35.0 Å². The Morgan fingerprint density at radius 1 is 1.10 bits per heavy atom. The minimum Gasteiger partial charge on any atom is -0.477 e. The molecule has 0 aliphatic heterocycles. The molecule has 30 heavy (non-hydrogen) atoms. The lowest BCUT2D eigenvalue weighted by molar-refractivity contribution is 0.0685. The van der Waals surface area contributed by atoms with E-state index in [0.29, 0.717) is 23.8 Å². The van der Waals surface area contributed by atoms with E-state index in [1.807, 2.05) is 53.1 Å². The average molecular weight is 423 g/mol. The summed E-state index contributed by atoms with van der Waals surface area (Å²) in [6, 6.07) is 15.5. The summed E-state index contributed by atoms with van der Waals surface area (Å²) in [5.74, 6) is -0.912. The van der Waals surface area contributed by atoms with Crippen molar-refractivity contribution < 1.29 is 9.90 Å². The van der Waals surface area contributed by atoms with Gasteiger partial charge in [0.05, 0.1) is 0 Å². The standard InChI is InChI=1S/C25H27ClN2O2/c26-22-12-6-4-10-19(22)17-28-23-13-7-5-11-20(23)21(24(28)25(29)30)16-27-15-14-18-8-2-1-3-9-18/h4-8,10-13,27H,1-3,9,14-17H2,(H,29,30). The van der Waals surface area contributed by atoms with Crippen LogP contribution in [0.2, 0.25) is 5.02 Å². The Morgan fingerprint density at radius 3 is 2.67 bits per heavy atom. The van der Waals surface area contributed by atoms with Crippen molar-refractivity contribution in [3.63, 3.8) is 0 Å². The number of aromatic carboxylic acids is 1. The summed E-state index contributed by atoms with van der Waals surface area (Å²) in [5.41, 5.74) is 4.52. The van der Waals surface area contributed by atoms with E-state index in [2.05, 4.69) is 11.4 Å². The Morgan fingerprint density at radius 2 is 1.90 bits per heavy atom. The number of carboxylic acid groups (broad SMARTS) is 1. The van der Waals surface area contributed by atoms with Gasteiger partial charge in [0, 0.05) is 34.6 Å². The molecule has 0 fully saturated rings. The van der Waals surface area contributed by atoms with Gasteiger partial charge in [-0.2, -0.15) is 0 Å². The summed E-state index contributed by atoms with van der Waals surface area (Å²) in [6.07, 6.45) is 8.35. The molecule has 1 aliphatic carbocycles. The van der Waals surface area contributed by atoms with Crippen LogP contribution >= 0.6 is 11.6 Å². The first-order chi connectivity index (χ1) is 14.6. The number of aromatic nitrogens is 1. The van der Waals surface area contributed by atoms with Crippen molar-refractivity contribution in [2.24, 2.45) is 0 Å². The Bertz CT molecular complexity index is 1080. The molecule has 4 rings (SSSR count). The second kappa shape index (κ2) is 9.50. The van der Waals surface area contributed by atoms with Gasteiger partial charge in [-0.1, -0.05) is 59.6 Å². The van der Waals surface area contributed by atoms with Crippen LogP contribution in [0.3, 0.4) is 0 Å². The van der Waals surface area contributed by atoms with Gasteiger partial charge >= 0.3 is 5.97 Å². The molecule has 2 N–H and O–H groups in total. The minimum absolute atomic E-state index is 0.334. The largest absolute Gasteiger partial charge is 0.477 e. The number of benzene rings is 2. The van der Waals surface area contributed by atoms with Crippen LogP contribution in [0, 0.1) is 0 Å². The summed E-state index contributed by atoms with van der Waals surface area (Å²) in [4.78, 5) is 12.3. The molecule has 1 heterocycles. The Hall–Kier alpha value is -2.56. The maximum absolute atomic E-state index is 12.3. The van der Waals surface area contributed by atoms with Gasteiger partial charge in [-0.25, -0.2) is 4.79 Å². The minimum atomic E-state index is -0.912. The predicted octanol–water partition coefficient (Wildman–Crippen LogP) is 6.02. The molecule has 1 aromatic heterocycles. The van der Waals surface area contributed by atoms with E-state index in [1.54, 1.807) is 0 Å². The van der Waals surface area contributed by atoms with E-state index >= 15 is 0 Å². The average Bonchev–Trinajstić information content (AvgIpc) is 3.07. The van der Waals surface area contributed by atoms with E-state index in [-0.39, 0.29) is 0 Å². The van der Waals surface area contributed by atoms with Gasteiger partial charge in [0.25, 0.3) is 0 Å². The molecule has 5 heteroatoms. The topological polar surface area (TPSA) is 54.3 Å². The Kier molecular flexibility index (Phi) is 6.56. The zero-order chi connectivity index (χ0) is 20.9. The summed E-state index contributed by atoms with van der Waals surface area (Å²) >= 11 is 6.36. The summed E-state index contributed by atoms with van der Waals surface area (Å²) in [6.45, 7) is 1.81. The molecule has 0 spiro atoms. The number of hydrogen-bond acceptors (Lipinski definition) is 2. The maximum Gasteiger partial charge on any atom is 0.352 e. The number of allylic oxidation sites excluding steroid dienone is 1. The van der Waals surface area contributed by atoms with Crippen LogP contribution in [0.5, 0.6) is 0 Å². The molecule has 3 aromatic rings. The van der Waals surface area contributed by atoms with Crippen molar-refractivity contribution in [1.29, 1.82) is 0 Å². The van der Waals surface area contributed by atoms with Crippen LogP contribution in [-0.4, -0.2) is 22.2 Å². The lowest BCUT2D eigenvalue weighted by Crippen LogP contribution is -2.19. The molecule has 0 amide bonds. The quantitative estimate of drug-likeness (QED) is 0.344. The zero-order valence-electron chi connectivity index (χ0n) is 17.0. The highest BCUT2D eigenvalue weighted by atomic mass is 35.5. The molecule has 0 saturated heterocycles. The smallest absolute Gasteiger partial charge is 0.352 e. The lowest BCUT2D eigenvalue weighted by atomic mass is 9.97. The van der Waals surface area contributed by atoms with Crippen molar-refractivity contribution >= 4 is 28.5 Å². The van der Waals surface area contributed by atoms with Gasteiger partial charge in [-0.05, 0) is 56.3 Å². The molecule has 156 valence electrons. The molecule has 2 aromatic carbocycles. The van der Waals surface area contributed by atoms with Crippen molar-refractivity contribution in [2.45, 2.75) is 45.2 Å². The van der Waals surface area contributed by atoms with Crippen molar-refractivity contribution in [1.82, 2.24) is 9.88 Å². The van der Waals surface area contributed by atoms with Crippen LogP contribution in [0.1, 0.15) is 53.7 Å². The van der Waals surface area contributed by atoms with Gasteiger partial charge in [0.15, 0.2) is 0 Å². The molecule has 0 saturated carbocycles. The molecule has 1 aliphatic rings. The molecule has 0 atom stereocenters. The number of halogens is 1. The van der Waals surface area contributed by atoms with Crippen LogP contribution in [-0.2, 0) is 13.1 Å². The molecule has 0 radical (unpaired) electrons. The van der Waals surface area contributed by atoms with E-state index in [4.69, 9.17) is 11.6 Å². The van der Waals surface area contributed by atoms with Crippen molar-refractivity contribution in [3.05, 3.63) is 82.0 Å². The second-order valence-electron chi connectivity index (χ2n) is 7.86. The third-order valence-electron chi connectivity index (χ3n) is 5.87.